The van der Waals surface area contributed by atoms with Gasteiger partial charge in [-0.25, -0.2) is 4.79 Å². The van der Waals surface area contributed by atoms with Crippen LogP contribution in [0.1, 0.15) is 26.2 Å². The molecular weight excluding hydrogens is 236 g/mol. The van der Waals surface area contributed by atoms with E-state index in [-0.39, 0.29) is 11.4 Å². The van der Waals surface area contributed by atoms with Gasteiger partial charge in [-0.05, 0) is 18.6 Å². The molecule has 6 nitrogen and oxygen atoms in total. The number of nitro benzene ring substituents is 1. The Kier molecular flexibility index (Phi) is 5.26. The van der Waals surface area contributed by atoms with Crippen LogP contribution in [0.3, 0.4) is 0 Å². The van der Waals surface area contributed by atoms with Gasteiger partial charge in [0.05, 0.1) is 4.92 Å². The van der Waals surface area contributed by atoms with Crippen molar-refractivity contribution in [3.8, 4) is 5.75 Å². The van der Waals surface area contributed by atoms with Crippen LogP contribution >= 0.6 is 0 Å². The van der Waals surface area contributed by atoms with Crippen LogP contribution in [0.4, 0.5) is 5.69 Å². The van der Waals surface area contributed by atoms with Gasteiger partial charge in [-0.1, -0.05) is 19.8 Å². The Bertz CT molecular complexity index is 417. The Morgan fingerprint density at radius 1 is 1.44 bits per heavy atom. The summed E-state index contributed by atoms with van der Waals surface area (Å²) in [6, 6.07) is 4.66. The second-order valence-corrected chi connectivity index (χ2v) is 3.92. The molecule has 0 radical (unpaired) electrons. The summed E-state index contributed by atoms with van der Waals surface area (Å²) in [5.41, 5.74) is 5.60. The number of nitrogens with zero attached hydrogens (tertiary/aromatic N) is 1. The molecule has 1 rings (SSSR count). The number of nitrogens with two attached hydrogens (primary N) is 1. The minimum absolute atomic E-state index is 0.0509. The lowest BCUT2D eigenvalue weighted by Crippen LogP contribution is -2.34. The zero-order valence-electron chi connectivity index (χ0n) is 10.2. The van der Waals surface area contributed by atoms with Crippen LogP contribution in [0.5, 0.6) is 5.75 Å². The number of unbranched alkanes of at least 4 members (excludes halogenated alkanes) is 1. The molecule has 0 spiro atoms. The number of carbonyl (C=O) groups is 1. The highest BCUT2D eigenvalue weighted by Crippen LogP contribution is 2.17. The van der Waals surface area contributed by atoms with Crippen LogP contribution in [0.2, 0.25) is 0 Å². The average molecular weight is 252 g/mol. The van der Waals surface area contributed by atoms with Crippen LogP contribution in [-0.4, -0.2) is 16.9 Å². The van der Waals surface area contributed by atoms with E-state index in [2.05, 4.69) is 0 Å². The predicted molar refractivity (Wildman–Crippen MR) is 66.2 cm³/mol. The molecule has 0 aliphatic rings. The maximum absolute atomic E-state index is 11.6. The number of rotatable bonds is 6. The van der Waals surface area contributed by atoms with Crippen molar-refractivity contribution in [2.75, 3.05) is 0 Å². The molecular formula is C12H16N2O4. The molecule has 1 aromatic rings. The van der Waals surface area contributed by atoms with Crippen LogP contribution in [0.15, 0.2) is 24.3 Å². The molecule has 0 bridgehead atoms. The lowest BCUT2D eigenvalue weighted by molar-refractivity contribution is -0.384. The summed E-state index contributed by atoms with van der Waals surface area (Å²) < 4.78 is 5.02. The zero-order valence-corrected chi connectivity index (χ0v) is 10.2. The van der Waals surface area contributed by atoms with Gasteiger partial charge in [0.2, 0.25) is 0 Å². The molecule has 6 heteroatoms. The normalized spacial score (nSPS) is 11.9. The molecule has 18 heavy (non-hydrogen) atoms. The van der Waals surface area contributed by atoms with Crippen molar-refractivity contribution in [1.29, 1.82) is 0 Å². The zero-order chi connectivity index (χ0) is 13.5. The van der Waals surface area contributed by atoms with Gasteiger partial charge in [-0.3, -0.25) is 10.1 Å². The number of carbonyl (C=O) groups excluding carboxylic acids is 1. The molecule has 0 aliphatic heterocycles. The topological polar surface area (TPSA) is 95.5 Å². The first-order chi connectivity index (χ1) is 8.54. The van der Waals surface area contributed by atoms with E-state index in [1.54, 1.807) is 0 Å². The molecule has 0 aliphatic carbocycles. The number of esters is 1. The van der Waals surface area contributed by atoms with Gasteiger partial charge in [0.25, 0.3) is 5.69 Å². The number of ether oxygens (including phenoxy) is 1. The standard InChI is InChI=1S/C12H16N2O4/c1-2-3-4-11(13)12(15)18-10-7-5-9(6-8-10)14(16)17/h5-8,11H,2-4,13H2,1H3/t11-/m0/s1. The van der Waals surface area contributed by atoms with E-state index >= 15 is 0 Å². The highest BCUT2D eigenvalue weighted by molar-refractivity contribution is 5.77. The summed E-state index contributed by atoms with van der Waals surface area (Å²) in [5.74, 6) is -0.255. The Morgan fingerprint density at radius 3 is 2.56 bits per heavy atom. The van der Waals surface area contributed by atoms with Gasteiger partial charge < -0.3 is 10.5 Å². The van der Waals surface area contributed by atoms with E-state index in [0.29, 0.717) is 6.42 Å². The Labute approximate surface area is 105 Å². The largest absolute Gasteiger partial charge is 0.425 e. The lowest BCUT2D eigenvalue weighted by Gasteiger charge is -2.10. The average Bonchev–Trinajstić information content (AvgIpc) is 2.36. The Morgan fingerprint density at radius 2 is 2.06 bits per heavy atom. The van der Waals surface area contributed by atoms with Crippen LogP contribution in [0, 0.1) is 10.1 Å². The van der Waals surface area contributed by atoms with E-state index in [4.69, 9.17) is 10.5 Å². The quantitative estimate of drug-likeness (QED) is 0.361. The van der Waals surface area contributed by atoms with Gasteiger partial charge >= 0.3 is 5.97 Å². The summed E-state index contributed by atoms with van der Waals surface area (Å²) in [7, 11) is 0. The molecule has 0 amide bonds. The predicted octanol–water partition coefficient (Wildman–Crippen LogP) is 2.02. The van der Waals surface area contributed by atoms with E-state index < -0.39 is 16.9 Å². The molecule has 98 valence electrons. The van der Waals surface area contributed by atoms with Crippen LogP contribution in [0.25, 0.3) is 0 Å². The van der Waals surface area contributed by atoms with E-state index in [1.165, 1.54) is 24.3 Å². The van der Waals surface area contributed by atoms with Crippen molar-refractivity contribution in [1.82, 2.24) is 0 Å². The first-order valence-corrected chi connectivity index (χ1v) is 5.76. The third-order valence-electron chi connectivity index (χ3n) is 2.44. The molecule has 2 N–H and O–H groups in total. The maximum Gasteiger partial charge on any atom is 0.328 e. The second-order valence-electron chi connectivity index (χ2n) is 3.92. The molecule has 0 fully saturated rings. The highest BCUT2D eigenvalue weighted by Gasteiger charge is 2.15. The number of nitro groups is 1. The summed E-state index contributed by atoms with van der Waals surface area (Å²) >= 11 is 0. The molecule has 1 atom stereocenters. The highest BCUT2D eigenvalue weighted by atomic mass is 16.6. The van der Waals surface area contributed by atoms with Crippen molar-refractivity contribution in [3.63, 3.8) is 0 Å². The summed E-state index contributed by atoms with van der Waals surface area (Å²) in [6.07, 6.45) is 2.39. The number of non-ortho nitro benzene ring substituents is 1. The maximum atomic E-state index is 11.6. The van der Waals surface area contributed by atoms with Crippen LogP contribution in [-0.2, 0) is 4.79 Å². The minimum atomic E-state index is -0.653. The fourth-order valence-electron chi connectivity index (χ4n) is 1.37. The first kappa shape index (κ1) is 14.1. The minimum Gasteiger partial charge on any atom is -0.425 e. The summed E-state index contributed by atoms with van der Waals surface area (Å²) in [5, 5.41) is 10.4. The first-order valence-electron chi connectivity index (χ1n) is 5.76. The van der Waals surface area contributed by atoms with Crippen molar-refractivity contribution in [3.05, 3.63) is 34.4 Å². The van der Waals surface area contributed by atoms with Gasteiger partial charge in [0.1, 0.15) is 11.8 Å². The number of benzene rings is 1. The smallest absolute Gasteiger partial charge is 0.328 e. The SMILES string of the molecule is CCCC[C@H](N)C(=O)Oc1ccc([N+](=O)[O-])cc1. The number of hydrogen-bond acceptors (Lipinski definition) is 5. The van der Waals surface area contributed by atoms with Gasteiger partial charge in [0, 0.05) is 12.1 Å². The molecule has 0 unspecified atom stereocenters. The molecule has 1 aromatic carbocycles. The van der Waals surface area contributed by atoms with Crippen molar-refractivity contribution in [2.45, 2.75) is 32.2 Å². The van der Waals surface area contributed by atoms with E-state index in [9.17, 15) is 14.9 Å². The van der Waals surface area contributed by atoms with Gasteiger partial charge in [-0.2, -0.15) is 0 Å². The Balaban J connectivity index is 2.56. The monoisotopic (exact) mass is 252 g/mol. The van der Waals surface area contributed by atoms with E-state index in [1.807, 2.05) is 6.92 Å². The third-order valence-corrected chi connectivity index (χ3v) is 2.44. The fourth-order valence-corrected chi connectivity index (χ4v) is 1.37. The van der Waals surface area contributed by atoms with Gasteiger partial charge in [0.15, 0.2) is 0 Å². The summed E-state index contributed by atoms with van der Waals surface area (Å²) in [4.78, 5) is 21.5. The van der Waals surface area contributed by atoms with Crippen molar-refractivity contribution < 1.29 is 14.5 Å². The second kappa shape index (κ2) is 6.70. The van der Waals surface area contributed by atoms with Crippen molar-refractivity contribution >= 4 is 11.7 Å². The third kappa shape index (κ3) is 4.14. The molecule has 0 saturated heterocycles. The Hall–Kier alpha value is -1.95. The summed E-state index contributed by atoms with van der Waals surface area (Å²) in [6.45, 7) is 2.01. The molecule has 0 aromatic heterocycles. The lowest BCUT2D eigenvalue weighted by atomic mass is 10.1. The van der Waals surface area contributed by atoms with Crippen molar-refractivity contribution in [2.24, 2.45) is 5.73 Å². The van der Waals surface area contributed by atoms with Gasteiger partial charge in [-0.15, -0.1) is 0 Å². The van der Waals surface area contributed by atoms with E-state index in [0.717, 1.165) is 12.8 Å². The molecule has 0 saturated carbocycles. The van der Waals surface area contributed by atoms with Crippen LogP contribution < -0.4 is 10.5 Å². The number of hydrogen-bond donors (Lipinski definition) is 1. The fraction of sp³-hybridized carbons (Fsp3) is 0.417. The molecule has 0 heterocycles.